The van der Waals surface area contributed by atoms with Crippen molar-refractivity contribution in [3.63, 3.8) is 0 Å². The fourth-order valence-electron chi connectivity index (χ4n) is 1.68. The van der Waals surface area contributed by atoms with Crippen LogP contribution in [0.3, 0.4) is 0 Å². The largest absolute Gasteiger partial charge is 0.458 e. The normalized spacial score (nSPS) is 12.9. The molecule has 0 amide bonds. The van der Waals surface area contributed by atoms with Crippen molar-refractivity contribution in [3.8, 4) is 0 Å². The van der Waals surface area contributed by atoms with Crippen LogP contribution in [-0.2, 0) is 0 Å². The van der Waals surface area contributed by atoms with Gasteiger partial charge in [0.15, 0.2) is 0 Å². The number of benzene rings is 1. The van der Waals surface area contributed by atoms with Gasteiger partial charge >= 0.3 is 0 Å². The summed E-state index contributed by atoms with van der Waals surface area (Å²) in [4.78, 5) is 0. The topological polar surface area (TPSA) is 33.4 Å². The average Bonchev–Trinajstić information content (AvgIpc) is 2.72. The second-order valence-corrected chi connectivity index (χ2v) is 4.01. The Bertz CT molecular complexity index is 463. The van der Waals surface area contributed by atoms with E-state index in [2.05, 4.69) is 6.58 Å². The molecule has 0 fully saturated rings. The Balaban J connectivity index is 2.23. The molecule has 1 heterocycles. The molecule has 0 saturated carbocycles. The number of aliphatic hydroxyl groups excluding tert-OH is 1. The maximum absolute atomic E-state index is 9.97. The zero-order valence-electron chi connectivity index (χ0n) is 9.44. The molecule has 0 bridgehead atoms. The zero-order chi connectivity index (χ0) is 11.5. The summed E-state index contributed by atoms with van der Waals surface area (Å²) in [6.45, 7) is 5.93. The lowest BCUT2D eigenvalue weighted by atomic mass is 10.1. The first kappa shape index (κ1) is 11.0. The van der Waals surface area contributed by atoms with Gasteiger partial charge in [0.05, 0.1) is 0 Å². The summed E-state index contributed by atoms with van der Waals surface area (Å²) in [5.74, 6) is 0.621. The van der Waals surface area contributed by atoms with Gasteiger partial charge in [-0.25, -0.2) is 0 Å². The molecule has 1 atom stereocenters. The van der Waals surface area contributed by atoms with E-state index >= 15 is 0 Å². The Hall–Kier alpha value is -1.54. The molecule has 0 spiro atoms. The summed E-state index contributed by atoms with van der Waals surface area (Å²) in [5.41, 5.74) is 1.85. The van der Waals surface area contributed by atoms with Gasteiger partial charge in [0.1, 0.15) is 17.4 Å². The summed E-state index contributed by atoms with van der Waals surface area (Å²) < 4.78 is 5.58. The van der Waals surface area contributed by atoms with Crippen molar-refractivity contribution in [1.29, 1.82) is 0 Å². The molecule has 0 radical (unpaired) electrons. The Morgan fingerprint density at radius 2 is 2.19 bits per heavy atom. The second kappa shape index (κ2) is 4.54. The van der Waals surface area contributed by atoms with Gasteiger partial charge in [0.25, 0.3) is 0 Å². The summed E-state index contributed by atoms with van der Waals surface area (Å²) in [6.07, 6.45) is 0.869. The van der Waals surface area contributed by atoms with Crippen molar-refractivity contribution in [2.24, 2.45) is 0 Å². The van der Waals surface area contributed by atoms with E-state index in [-0.39, 0.29) is 0 Å². The van der Waals surface area contributed by atoms with Crippen LogP contribution in [0.2, 0.25) is 0 Å². The van der Waals surface area contributed by atoms with Gasteiger partial charge in [-0.15, -0.1) is 0 Å². The molecule has 2 heteroatoms. The Labute approximate surface area is 95.2 Å². The highest BCUT2D eigenvalue weighted by Gasteiger charge is 2.13. The van der Waals surface area contributed by atoms with Gasteiger partial charge in [0, 0.05) is 11.8 Å². The molecule has 0 aliphatic rings. The molecule has 2 aromatic rings. The molecule has 0 saturated heterocycles. The van der Waals surface area contributed by atoms with Gasteiger partial charge in [-0.2, -0.15) is 0 Å². The highest BCUT2D eigenvalue weighted by atomic mass is 16.4. The molecule has 1 N–H and O–H groups in total. The maximum Gasteiger partial charge on any atom is 0.134 e. The van der Waals surface area contributed by atoms with Crippen molar-refractivity contribution in [3.05, 3.63) is 48.2 Å². The fourth-order valence-corrected chi connectivity index (χ4v) is 1.68. The minimum atomic E-state index is -0.583. The van der Waals surface area contributed by atoms with E-state index in [1.807, 2.05) is 37.3 Å². The van der Waals surface area contributed by atoms with Crippen LogP contribution in [0.15, 0.2) is 46.9 Å². The van der Waals surface area contributed by atoms with Crippen LogP contribution >= 0.6 is 0 Å². The lowest BCUT2D eigenvalue weighted by Crippen LogP contribution is -1.96. The van der Waals surface area contributed by atoms with Gasteiger partial charge in [-0.1, -0.05) is 37.3 Å². The number of furan rings is 1. The van der Waals surface area contributed by atoms with Crippen molar-refractivity contribution < 1.29 is 9.52 Å². The van der Waals surface area contributed by atoms with Gasteiger partial charge in [-0.3, -0.25) is 0 Å². The van der Waals surface area contributed by atoms with Crippen LogP contribution in [-0.4, -0.2) is 5.11 Å². The van der Waals surface area contributed by atoms with Crippen molar-refractivity contribution in [2.45, 2.75) is 25.9 Å². The first-order chi connectivity index (χ1) is 7.70. The first-order valence-corrected chi connectivity index (χ1v) is 5.54. The van der Waals surface area contributed by atoms with E-state index in [1.54, 1.807) is 0 Å². The van der Waals surface area contributed by atoms with Gasteiger partial charge in [0.2, 0.25) is 0 Å². The smallest absolute Gasteiger partial charge is 0.134 e. The number of hydrogen-bond donors (Lipinski definition) is 1. The second-order valence-electron chi connectivity index (χ2n) is 4.01. The molecule has 0 aliphatic heterocycles. The molecule has 1 aromatic carbocycles. The summed E-state index contributed by atoms with van der Waals surface area (Å²) in [7, 11) is 0. The number of aliphatic hydroxyl groups is 1. The Morgan fingerprint density at radius 1 is 1.44 bits per heavy atom. The van der Waals surface area contributed by atoms with Gasteiger partial charge in [-0.05, 0) is 18.6 Å². The van der Waals surface area contributed by atoms with Gasteiger partial charge < -0.3 is 9.52 Å². The monoisotopic (exact) mass is 216 g/mol. The molecule has 2 rings (SSSR count). The molecule has 2 nitrogen and oxygen atoms in total. The van der Waals surface area contributed by atoms with E-state index < -0.39 is 6.10 Å². The van der Waals surface area contributed by atoms with E-state index in [4.69, 9.17) is 4.42 Å². The SMILES string of the molecule is C=C(CC)CC(O)c1cc2ccccc2o1. The highest BCUT2D eigenvalue weighted by molar-refractivity contribution is 5.77. The van der Waals surface area contributed by atoms with E-state index in [1.165, 1.54) is 0 Å². The Morgan fingerprint density at radius 3 is 2.88 bits per heavy atom. The minimum Gasteiger partial charge on any atom is -0.458 e. The predicted molar refractivity (Wildman–Crippen MR) is 65.2 cm³/mol. The molecule has 84 valence electrons. The summed E-state index contributed by atoms with van der Waals surface area (Å²) >= 11 is 0. The van der Waals surface area contributed by atoms with Crippen LogP contribution in [0.1, 0.15) is 31.6 Å². The third kappa shape index (κ3) is 2.17. The molecular formula is C14H16O2. The number of para-hydroxylation sites is 1. The van der Waals surface area contributed by atoms with Crippen LogP contribution in [0, 0.1) is 0 Å². The molecule has 1 aromatic heterocycles. The first-order valence-electron chi connectivity index (χ1n) is 5.54. The van der Waals surface area contributed by atoms with E-state index in [0.29, 0.717) is 12.2 Å². The number of hydrogen-bond acceptors (Lipinski definition) is 2. The molecule has 16 heavy (non-hydrogen) atoms. The van der Waals surface area contributed by atoms with Crippen LogP contribution in [0.25, 0.3) is 11.0 Å². The lowest BCUT2D eigenvalue weighted by molar-refractivity contribution is 0.152. The molecule has 0 aliphatic carbocycles. The van der Waals surface area contributed by atoms with Crippen LogP contribution < -0.4 is 0 Å². The van der Waals surface area contributed by atoms with Crippen LogP contribution in [0.5, 0.6) is 0 Å². The van der Waals surface area contributed by atoms with Crippen LogP contribution in [0.4, 0.5) is 0 Å². The minimum absolute atomic E-state index is 0.566. The third-order valence-corrected chi connectivity index (χ3v) is 2.76. The number of rotatable bonds is 4. The quantitative estimate of drug-likeness (QED) is 0.788. The van der Waals surface area contributed by atoms with E-state index in [9.17, 15) is 5.11 Å². The van der Waals surface area contributed by atoms with Crippen molar-refractivity contribution in [1.82, 2.24) is 0 Å². The third-order valence-electron chi connectivity index (χ3n) is 2.76. The lowest BCUT2D eigenvalue weighted by Gasteiger charge is -2.07. The summed E-state index contributed by atoms with van der Waals surface area (Å²) in [6, 6.07) is 9.65. The molecular weight excluding hydrogens is 200 g/mol. The molecule has 1 unspecified atom stereocenters. The highest BCUT2D eigenvalue weighted by Crippen LogP contribution is 2.27. The Kier molecular flexibility index (Phi) is 3.11. The number of fused-ring (bicyclic) bond motifs is 1. The standard InChI is InChI=1S/C14H16O2/c1-3-10(2)8-12(15)14-9-11-6-4-5-7-13(11)16-14/h4-7,9,12,15H,2-3,8H2,1H3. The van der Waals surface area contributed by atoms with Crippen molar-refractivity contribution in [2.75, 3.05) is 0 Å². The van der Waals surface area contributed by atoms with Crippen molar-refractivity contribution >= 4 is 11.0 Å². The predicted octanol–water partition coefficient (Wildman–Crippen LogP) is 3.82. The average molecular weight is 216 g/mol. The maximum atomic E-state index is 9.97. The van der Waals surface area contributed by atoms with E-state index in [0.717, 1.165) is 23.0 Å². The zero-order valence-corrected chi connectivity index (χ0v) is 9.44. The fraction of sp³-hybridized carbons (Fsp3) is 0.286. The summed E-state index contributed by atoms with van der Waals surface area (Å²) in [5, 5.41) is 11.0.